The number of rotatable bonds is 6. The van der Waals surface area contributed by atoms with Crippen molar-refractivity contribution in [3.63, 3.8) is 0 Å². The monoisotopic (exact) mass is 418 g/mol. The van der Waals surface area contributed by atoms with Crippen molar-refractivity contribution in [1.29, 1.82) is 0 Å². The fourth-order valence-corrected chi connectivity index (χ4v) is 4.50. The van der Waals surface area contributed by atoms with Crippen LogP contribution in [0.3, 0.4) is 0 Å². The Hall–Kier alpha value is -3.09. The van der Waals surface area contributed by atoms with Gasteiger partial charge in [0.15, 0.2) is 10.1 Å². The molecule has 4 nitrogen and oxygen atoms in total. The number of fused-ring (bicyclic) bond motifs is 1. The number of para-hydroxylation sites is 2. The maximum absolute atomic E-state index is 11.0. The van der Waals surface area contributed by atoms with Crippen LogP contribution in [0.25, 0.3) is 11.0 Å². The minimum Gasteiger partial charge on any atom is -0.501 e. The Morgan fingerprint density at radius 3 is 2.00 bits per heavy atom. The second-order valence-corrected chi connectivity index (χ2v) is 7.57. The van der Waals surface area contributed by atoms with Gasteiger partial charge in [-0.1, -0.05) is 72.8 Å². The molecule has 0 amide bonds. The van der Waals surface area contributed by atoms with Gasteiger partial charge in [0.05, 0.1) is 17.0 Å². The molecule has 29 heavy (non-hydrogen) atoms. The molecule has 0 aliphatic carbocycles. The van der Waals surface area contributed by atoms with Gasteiger partial charge in [-0.25, -0.2) is 4.98 Å². The van der Waals surface area contributed by atoms with Gasteiger partial charge in [-0.15, -0.1) is 0 Å². The van der Waals surface area contributed by atoms with Crippen LogP contribution in [0.5, 0.6) is 0 Å². The summed E-state index contributed by atoms with van der Waals surface area (Å²) in [7, 11) is 0. The third-order valence-electron chi connectivity index (χ3n) is 5.14. The lowest BCUT2D eigenvalue weighted by molar-refractivity contribution is 0.432. The molecular weight excluding hydrogens is 400 g/mol. The van der Waals surface area contributed by atoms with Crippen molar-refractivity contribution in [2.75, 3.05) is 0 Å². The van der Waals surface area contributed by atoms with Crippen LogP contribution in [-0.4, -0.2) is 30.3 Å². The number of aliphatic hydroxyl groups is 2. The molecule has 0 radical (unpaired) electrons. The zero-order chi connectivity index (χ0) is 20.4. The summed E-state index contributed by atoms with van der Waals surface area (Å²) in [6.45, 7) is 0. The van der Waals surface area contributed by atoms with Crippen LogP contribution in [-0.2, 0) is 5.41 Å². The Labute approximate surface area is 178 Å². The molecule has 0 bridgehead atoms. The Kier molecular flexibility index (Phi) is 5.13. The van der Waals surface area contributed by atoms with Gasteiger partial charge in [0, 0.05) is 0 Å². The Balaban J connectivity index is 2.10. The maximum Gasteiger partial charge on any atom is 0.176 e. The van der Waals surface area contributed by atoms with E-state index in [0.717, 1.165) is 16.6 Å². The van der Waals surface area contributed by atoms with Crippen molar-refractivity contribution >= 4 is 45.6 Å². The van der Waals surface area contributed by atoms with E-state index < -0.39 is 11.3 Å². The highest BCUT2D eigenvalue weighted by molar-refractivity contribution is 7.80. The number of benzene rings is 3. The van der Waals surface area contributed by atoms with Crippen LogP contribution >= 0.6 is 24.4 Å². The van der Waals surface area contributed by atoms with E-state index >= 15 is 0 Å². The van der Waals surface area contributed by atoms with E-state index in [4.69, 9.17) is 29.4 Å². The van der Waals surface area contributed by atoms with Crippen LogP contribution in [0.4, 0.5) is 0 Å². The second kappa shape index (κ2) is 7.73. The van der Waals surface area contributed by atoms with Gasteiger partial charge in [0.2, 0.25) is 0 Å². The summed E-state index contributed by atoms with van der Waals surface area (Å²) >= 11 is 10.7. The van der Waals surface area contributed by atoms with E-state index in [9.17, 15) is 10.2 Å². The third kappa shape index (κ3) is 3.20. The summed E-state index contributed by atoms with van der Waals surface area (Å²) in [5.41, 5.74) is 1.56. The fourth-order valence-electron chi connectivity index (χ4n) is 3.85. The number of imidazole rings is 1. The number of nitrogens with one attached hydrogen (secondary N) is 1. The van der Waals surface area contributed by atoms with E-state index in [-0.39, 0.29) is 10.1 Å². The molecule has 1 heterocycles. The SMILES string of the molecule is OC(=S)C(c1ccccc1)C(C(O)=S)(c1ccccc1)c1nc2ccccc2[nH]1. The molecule has 0 spiro atoms. The van der Waals surface area contributed by atoms with E-state index in [0.29, 0.717) is 11.4 Å². The first-order chi connectivity index (χ1) is 14.0. The lowest BCUT2D eigenvalue weighted by atomic mass is 9.67. The molecule has 2 unspecified atom stereocenters. The smallest absolute Gasteiger partial charge is 0.176 e. The molecule has 2 atom stereocenters. The minimum atomic E-state index is -1.37. The molecule has 6 heteroatoms. The van der Waals surface area contributed by atoms with Gasteiger partial charge < -0.3 is 15.2 Å². The minimum absolute atomic E-state index is 0.281. The van der Waals surface area contributed by atoms with Crippen molar-refractivity contribution in [2.24, 2.45) is 0 Å². The highest BCUT2D eigenvalue weighted by Gasteiger charge is 2.51. The number of nitrogens with zero attached hydrogens (tertiary/aromatic N) is 1. The van der Waals surface area contributed by atoms with Crippen LogP contribution in [0.1, 0.15) is 22.9 Å². The molecule has 0 fully saturated rings. The number of hydrogen-bond acceptors (Lipinski definition) is 3. The summed E-state index contributed by atoms with van der Waals surface area (Å²) in [6.07, 6.45) is 0. The average molecular weight is 419 g/mol. The van der Waals surface area contributed by atoms with Crippen molar-refractivity contribution in [3.8, 4) is 0 Å². The summed E-state index contributed by atoms with van der Waals surface area (Å²) in [5, 5.41) is 21.0. The standard InChI is InChI=1S/C23H18N2O2S2/c26-20(28)19(15-9-3-1-4-10-15)23(22(27)29,16-11-5-2-6-12-16)21-24-17-13-7-8-14-18(17)25-21/h1-14,19H,(H,24,25)(H,26,28)(H,27,29). The Morgan fingerprint density at radius 1 is 0.828 bits per heavy atom. The second-order valence-electron chi connectivity index (χ2n) is 6.76. The van der Waals surface area contributed by atoms with Crippen LogP contribution < -0.4 is 0 Å². The summed E-state index contributed by atoms with van der Waals surface area (Å²) < 4.78 is 0. The molecule has 0 aliphatic rings. The number of aromatic amines is 1. The molecule has 3 N–H and O–H groups in total. The van der Waals surface area contributed by atoms with E-state index in [2.05, 4.69) is 4.98 Å². The highest BCUT2D eigenvalue weighted by Crippen LogP contribution is 2.45. The Morgan fingerprint density at radius 2 is 1.41 bits per heavy atom. The van der Waals surface area contributed by atoms with Gasteiger partial charge in [0.1, 0.15) is 11.2 Å². The van der Waals surface area contributed by atoms with Gasteiger partial charge >= 0.3 is 0 Å². The fraction of sp³-hybridized carbons (Fsp3) is 0.0870. The van der Waals surface area contributed by atoms with Gasteiger partial charge in [0.25, 0.3) is 0 Å². The predicted octanol–water partition coefficient (Wildman–Crippen LogP) is 5.40. The summed E-state index contributed by atoms with van der Waals surface area (Å²) in [5.74, 6) is -0.401. The number of H-pyrrole nitrogens is 1. The molecule has 3 aromatic carbocycles. The maximum atomic E-state index is 11.0. The number of thiocarbonyl (C=S) groups is 2. The lowest BCUT2D eigenvalue weighted by Crippen LogP contribution is -2.46. The van der Waals surface area contributed by atoms with Crippen LogP contribution in [0.2, 0.25) is 0 Å². The topological polar surface area (TPSA) is 69.1 Å². The van der Waals surface area contributed by atoms with Crippen molar-refractivity contribution in [3.05, 3.63) is 102 Å². The van der Waals surface area contributed by atoms with E-state index in [1.54, 1.807) is 0 Å². The first kappa shape index (κ1) is 19.2. The molecule has 0 aliphatic heterocycles. The summed E-state index contributed by atoms with van der Waals surface area (Å²) in [4.78, 5) is 8.03. The van der Waals surface area contributed by atoms with Crippen molar-refractivity contribution < 1.29 is 10.2 Å². The van der Waals surface area contributed by atoms with Gasteiger partial charge in [-0.2, -0.15) is 0 Å². The number of aromatic nitrogens is 2. The third-order valence-corrected chi connectivity index (χ3v) is 5.70. The lowest BCUT2D eigenvalue weighted by Gasteiger charge is -2.37. The van der Waals surface area contributed by atoms with E-state index in [1.807, 2.05) is 84.9 Å². The van der Waals surface area contributed by atoms with Gasteiger partial charge in [-0.3, -0.25) is 0 Å². The van der Waals surface area contributed by atoms with Crippen LogP contribution in [0.15, 0.2) is 84.9 Å². The normalized spacial score (nSPS) is 14.2. The quantitative estimate of drug-likeness (QED) is 0.366. The highest BCUT2D eigenvalue weighted by atomic mass is 32.1. The first-order valence-corrected chi connectivity index (χ1v) is 9.88. The predicted molar refractivity (Wildman–Crippen MR) is 123 cm³/mol. The average Bonchev–Trinajstić information content (AvgIpc) is 3.17. The molecule has 0 saturated carbocycles. The Bertz CT molecular complexity index is 1140. The molecule has 1 aromatic heterocycles. The van der Waals surface area contributed by atoms with Crippen LogP contribution in [0, 0.1) is 0 Å². The zero-order valence-corrected chi connectivity index (χ0v) is 17.0. The van der Waals surface area contributed by atoms with E-state index in [1.165, 1.54) is 0 Å². The first-order valence-electron chi connectivity index (χ1n) is 9.07. The molecule has 4 rings (SSSR count). The molecule has 0 saturated heterocycles. The molecular formula is C23H18N2O2S2. The summed E-state index contributed by atoms with van der Waals surface area (Å²) in [6, 6.07) is 26.1. The van der Waals surface area contributed by atoms with Crippen molar-refractivity contribution in [1.82, 2.24) is 9.97 Å². The van der Waals surface area contributed by atoms with Crippen molar-refractivity contribution in [2.45, 2.75) is 11.3 Å². The number of aliphatic hydroxyl groups excluding tert-OH is 2. The zero-order valence-electron chi connectivity index (χ0n) is 15.3. The molecule has 144 valence electrons. The number of hydrogen-bond donors (Lipinski definition) is 3. The molecule has 4 aromatic rings. The van der Waals surface area contributed by atoms with Gasteiger partial charge in [-0.05, 0) is 47.7 Å². The largest absolute Gasteiger partial charge is 0.501 e.